The van der Waals surface area contributed by atoms with Gasteiger partial charge in [-0.2, -0.15) is 0 Å². The summed E-state index contributed by atoms with van der Waals surface area (Å²) in [5.41, 5.74) is 15.3. The molecule has 7 nitrogen and oxygen atoms in total. The van der Waals surface area contributed by atoms with Crippen LogP contribution in [0, 0.1) is 6.92 Å². The molecule has 0 fully saturated rings. The molecule has 2 unspecified atom stereocenters. The van der Waals surface area contributed by atoms with Crippen LogP contribution in [0.15, 0.2) is 65.3 Å². The number of pyridine rings is 2. The van der Waals surface area contributed by atoms with E-state index in [2.05, 4.69) is 9.97 Å². The Morgan fingerprint density at radius 2 is 2.11 bits per heavy atom. The average Bonchev–Trinajstić information content (AvgIpc) is 2.69. The van der Waals surface area contributed by atoms with E-state index >= 15 is 0 Å². The first-order chi connectivity index (χ1) is 13.5. The topological polar surface area (TPSA) is 109 Å². The zero-order chi connectivity index (χ0) is 19.4. The van der Waals surface area contributed by atoms with Crippen molar-refractivity contribution in [3.63, 3.8) is 0 Å². The molecule has 2 aliphatic heterocycles. The van der Waals surface area contributed by atoms with Gasteiger partial charge in [0.2, 0.25) is 0 Å². The van der Waals surface area contributed by atoms with E-state index in [1.54, 1.807) is 18.6 Å². The minimum absolute atomic E-state index is 0.175. The number of hydrogen-bond donors (Lipinski definition) is 2. The Labute approximate surface area is 162 Å². The lowest BCUT2D eigenvalue weighted by Crippen LogP contribution is -2.46. The third-order valence-corrected chi connectivity index (χ3v) is 5.71. The fourth-order valence-electron chi connectivity index (χ4n) is 4.42. The molecule has 5 rings (SSSR count). The molecule has 1 aliphatic carbocycles. The van der Waals surface area contributed by atoms with Gasteiger partial charge in [0.1, 0.15) is 11.3 Å². The molecule has 0 saturated heterocycles. The predicted octanol–water partition coefficient (Wildman–Crippen LogP) is 2.18. The van der Waals surface area contributed by atoms with E-state index in [-0.39, 0.29) is 6.02 Å². The maximum Gasteiger partial charge on any atom is 0.283 e. The normalized spacial score (nSPS) is 28.1. The van der Waals surface area contributed by atoms with Gasteiger partial charge in [0.15, 0.2) is 5.75 Å². The summed E-state index contributed by atoms with van der Waals surface area (Å²) in [4.78, 5) is 13.5. The first kappa shape index (κ1) is 16.9. The third-order valence-electron chi connectivity index (χ3n) is 5.71. The molecule has 28 heavy (non-hydrogen) atoms. The van der Waals surface area contributed by atoms with Gasteiger partial charge in [-0.1, -0.05) is 12.1 Å². The lowest BCUT2D eigenvalue weighted by Gasteiger charge is -2.44. The number of allylic oxidation sites excluding steroid dienone is 1. The molecule has 0 amide bonds. The number of fused-ring (bicyclic) bond motifs is 3. The molecule has 4 heterocycles. The van der Waals surface area contributed by atoms with Crippen molar-refractivity contribution in [1.82, 2.24) is 9.97 Å². The zero-order valence-electron chi connectivity index (χ0n) is 15.6. The molecule has 0 bridgehead atoms. The van der Waals surface area contributed by atoms with Crippen molar-refractivity contribution in [2.45, 2.75) is 30.8 Å². The van der Waals surface area contributed by atoms with Gasteiger partial charge in [-0.05, 0) is 30.7 Å². The van der Waals surface area contributed by atoms with Crippen LogP contribution in [0.4, 0.5) is 0 Å². The first-order valence-electron chi connectivity index (χ1n) is 9.26. The number of ether oxygens (including phenoxy) is 2. The van der Waals surface area contributed by atoms with Gasteiger partial charge in [0.25, 0.3) is 6.02 Å². The van der Waals surface area contributed by atoms with Crippen LogP contribution in [0.1, 0.15) is 29.7 Å². The monoisotopic (exact) mass is 375 g/mol. The summed E-state index contributed by atoms with van der Waals surface area (Å²) in [5.74, 6) is 1.43. The van der Waals surface area contributed by atoms with E-state index in [1.807, 2.05) is 37.3 Å². The SMILES string of the molecule is Cc1cccnc1C1(N)C=CC2=C(C1)C1(CCOC(N)=N1)c1ccncc1O2. The van der Waals surface area contributed by atoms with Crippen molar-refractivity contribution < 1.29 is 9.47 Å². The Kier molecular flexibility index (Phi) is 3.57. The smallest absolute Gasteiger partial charge is 0.283 e. The summed E-state index contributed by atoms with van der Waals surface area (Å²) in [6.07, 6.45) is 10.3. The fourth-order valence-corrected chi connectivity index (χ4v) is 4.42. The molecule has 0 radical (unpaired) electrons. The molecule has 3 aliphatic rings. The summed E-state index contributed by atoms with van der Waals surface area (Å²) in [6, 6.07) is 6.04. The number of nitrogens with two attached hydrogens (primary N) is 2. The van der Waals surface area contributed by atoms with E-state index in [4.69, 9.17) is 25.9 Å². The van der Waals surface area contributed by atoms with Crippen molar-refractivity contribution >= 4 is 6.02 Å². The van der Waals surface area contributed by atoms with Crippen molar-refractivity contribution in [2.24, 2.45) is 16.5 Å². The van der Waals surface area contributed by atoms with Crippen LogP contribution in [-0.2, 0) is 15.8 Å². The first-order valence-corrected chi connectivity index (χ1v) is 9.26. The second-order valence-corrected chi connectivity index (χ2v) is 7.44. The van der Waals surface area contributed by atoms with Gasteiger partial charge in [0.05, 0.1) is 24.0 Å². The fraction of sp³-hybridized carbons (Fsp3) is 0.286. The molecule has 0 aromatic carbocycles. The lowest BCUT2D eigenvalue weighted by atomic mass is 9.70. The van der Waals surface area contributed by atoms with Gasteiger partial charge in [-0.25, -0.2) is 4.99 Å². The summed E-state index contributed by atoms with van der Waals surface area (Å²) in [6.45, 7) is 2.49. The van der Waals surface area contributed by atoms with Crippen LogP contribution in [0.3, 0.4) is 0 Å². The minimum atomic E-state index is -0.756. The van der Waals surface area contributed by atoms with Gasteiger partial charge >= 0.3 is 0 Å². The van der Waals surface area contributed by atoms with E-state index in [1.165, 1.54) is 0 Å². The van der Waals surface area contributed by atoms with E-state index in [0.717, 1.165) is 28.2 Å². The molecule has 7 heteroatoms. The van der Waals surface area contributed by atoms with Gasteiger partial charge in [-0.3, -0.25) is 9.97 Å². The van der Waals surface area contributed by atoms with Crippen molar-refractivity contribution in [3.8, 4) is 5.75 Å². The van der Waals surface area contributed by atoms with Crippen LogP contribution >= 0.6 is 0 Å². The van der Waals surface area contributed by atoms with Crippen LogP contribution in [0.2, 0.25) is 0 Å². The van der Waals surface area contributed by atoms with Crippen LogP contribution in [-0.4, -0.2) is 22.6 Å². The largest absolute Gasteiger partial charge is 0.465 e. The minimum Gasteiger partial charge on any atom is -0.465 e. The Morgan fingerprint density at radius 1 is 1.21 bits per heavy atom. The van der Waals surface area contributed by atoms with E-state index in [0.29, 0.717) is 25.2 Å². The maximum atomic E-state index is 6.87. The number of aryl methyl sites for hydroxylation is 1. The molecule has 142 valence electrons. The molecule has 2 atom stereocenters. The molecular formula is C21H21N5O2. The van der Waals surface area contributed by atoms with Gasteiger partial charge in [-0.15, -0.1) is 0 Å². The zero-order valence-corrected chi connectivity index (χ0v) is 15.6. The molecule has 0 saturated carbocycles. The Bertz CT molecular complexity index is 1060. The second kappa shape index (κ2) is 5.90. The number of nitrogens with zero attached hydrogens (tertiary/aromatic N) is 3. The highest BCUT2D eigenvalue weighted by Gasteiger charge is 2.49. The summed E-state index contributed by atoms with van der Waals surface area (Å²) in [7, 11) is 0. The van der Waals surface area contributed by atoms with Crippen molar-refractivity contribution in [2.75, 3.05) is 6.61 Å². The molecule has 2 aromatic heterocycles. The summed E-state index contributed by atoms with van der Waals surface area (Å²) >= 11 is 0. The van der Waals surface area contributed by atoms with Gasteiger partial charge in [0, 0.05) is 36.4 Å². The highest BCUT2D eigenvalue weighted by molar-refractivity contribution is 5.74. The number of aliphatic imine (C=N–C) groups is 1. The van der Waals surface area contributed by atoms with Crippen LogP contribution in [0.5, 0.6) is 5.75 Å². The summed E-state index contributed by atoms with van der Waals surface area (Å²) < 4.78 is 11.6. The van der Waals surface area contributed by atoms with Crippen molar-refractivity contribution in [3.05, 3.63) is 77.1 Å². The highest BCUT2D eigenvalue weighted by Crippen LogP contribution is 2.52. The van der Waals surface area contributed by atoms with Crippen LogP contribution < -0.4 is 16.2 Å². The van der Waals surface area contributed by atoms with Crippen molar-refractivity contribution in [1.29, 1.82) is 0 Å². The van der Waals surface area contributed by atoms with E-state index in [9.17, 15) is 0 Å². The second-order valence-electron chi connectivity index (χ2n) is 7.44. The standard InChI is InChI=1S/C21H21N5O2/c1-13-3-2-8-25-18(13)20(23)6-4-16-15(11-20)21(7-10-27-19(22)26-21)14-5-9-24-12-17(14)28-16/h2-6,8-9,12H,7,10-11,23H2,1H3,(H2,22,26). The lowest BCUT2D eigenvalue weighted by molar-refractivity contribution is 0.207. The van der Waals surface area contributed by atoms with Crippen LogP contribution in [0.25, 0.3) is 0 Å². The maximum absolute atomic E-state index is 6.87. The molecular weight excluding hydrogens is 354 g/mol. The number of hydrogen-bond acceptors (Lipinski definition) is 7. The summed E-state index contributed by atoms with van der Waals surface area (Å²) in [5, 5.41) is 0. The highest BCUT2D eigenvalue weighted by atomic mass is 16.5. The Balaban J connectivity index is 1.69. The third kappa shape index (κ3) is 2.36. The quantitative estimate of drug-likeness (QED) is 0.791. The number of rotatable bonds is 1. The number of amidine groups is 1. The number of aromatic nitrogens is 2. The Hall–Kier alpha value is -3.19. The molecule has 1 spiro atoms. The molecule has 2 aromatic rings. The predicted molar refractivity (Wildman–Crippen MR) is 104 cm³/mol. The van der Waals surface area contributed by atoms with E-state index < -0.39 is 11.1 Å². The van der Waals surface area contributed by atoms with Gasteiger partial charge < -0.3 is 20.9 Å². The Morgan fingerprint density at radius 3 is 2.93 bits per heavy atom. The average molecular weight is 375 g/mol. The molecule has 4 N–H and O–H groups in total.